The number of para-hydroxylation sites is 1. The van der Waals surface area contributed by atoms with Crippen molar-refractivity contribution in [2.45, 2.75) is 9.79 Å². The molecule has 0 aromatic heterocycles. The van der Waals surface area contributed by atoms with Crippen molar-refractivity contribution < 1.29 is 26.1 Å². The first-order valence-electron chi connectivity index (χ1n) is 8.34. The van der Waals surface area contributed by atoms with E-state index in [0.717, 1.165) is 30.3 Å². The summed E-state index contributed by atoms with van der Waals surface area (Å²) in [6.45, 7) is 0. The maximum atomic E-state index is 13.8. The lowest BCUT2D eigenvalue weighted by Gasteiger charge is -2.12. The number of nitro groups is 1. The van der Waals surface area contributed by atoms with E-state index in [1.807, 2.05) is 0 Å². The SMILES string of the molecule is O=[N+]([O-])c1cc(S(=O)(=O)Nc2cccc(S(=O)(=O)Nc3ccccc3F)c2)ccc1Cl. The smallest absolute Gasteiger partial charge is 0.280 e. The molecule has 0 aliphatic carbocycles. The molecule has 0 atom stereocenters. The third-order valence-electron chi connectivity index (χ3n) is 3.94. The van der Waals surface area contributed by atoms with E-state index in [0.29, 0.717) is 0 Å². The molecule has 3 rings (SSSR count). The third kappa shape index (κ3) is 5.10. The van der Waals surface area contributed by atoms with Gasteiger partial charge in [-0.15, -0.1) is 0 Å². The molecule has 0 spiro atoms. The summed E-state index contributed by atoms with van der Waals surface area (Å²) in [6, 6.07) is 12.8. The standard InChI is InChI=1S/C18H13ClFN3O6S2/c19-15-9-8-14(11-18(15)23(24)25)30(26,27)21-12-4-3-5-13(10-12)31(28,29)22-17-7-2-1-6-16(17)20/h1-11,21-22H. The van der Waals surface area contributed by atoms with Gasteiger partial charge in [0, 0.05) is 6.07 Å². The predicted octanol–water partition coefficient (Wildman–Crippen LogP) is 3.99. The van der Waals surface area contributed by atoms with Gasteiger partial charge in [0.15, 0.2) is 0 Å². The van der Waals surface area contributed by atoms with Crippen molar-refractivity contribution in [3.8, 4) is 0 Å². The Bertz CT molecular complexity index is 1380. The molecule has 0 aliphatic heterocycles. The summed E-state index contributed by atoms with van der Waals surface area (Å²) < 4.78 is 68.3. The van der Waals surface area contributed by atoms with Crippen LogP contribution in [-0.2, 0) is 20.0 Å². The number of nitrogens with zero attached hydrogens (tertiary/aromatic N) is 1. The Morgan fingerprint density at radius 1 is 0.839 bits per heavy atom. The molecule has 0 radical (unpaired) electrons. The number of nitro benzene ring substituents is 1. The minimum atomic E-state index is -4.30. The first-order valence-corrected chi connectivity index (χ1v) is 11.7. The summed E-state index contributed by atoms with van der Waals surface area (Å²) in [5.41, 5.74) is -1.01. The van der Waals surface area contributed by atoms with Crippen molar-refractivity contribution >= 4 is 48.7 Å². The molecule has 0 amide bonds. The molecule has 0 unspecified atom stereocenters. The first-order chi connectivity index (χ1) is 14.5. The second-order valence-corrected chi connectivity index (χ2v) is 9.86. The highest BCUT2D eigenvalue weighted by Gasteiger charge is 2.22. The number of sulfonamides is 2. The molecule has 13 heteroatoms. The molecular formula is C18H13ClFN3O6S2. The molecule has 0 saturated heterocycles. The molecule has 3 aromatic rings. The molecule has 0 saturated carbocycles. The van der Waals surface area contributed by atoms with Crippen LogP contribution in [0.5, 0.6) is 0 Å². The lowest BCUT2D eigenvalue weighted by atomic mass is 10.3. The largest absolute Gasteiger partial charge is 0.289 e. The molecule has 0 heterocycles. The van der Waals surface area contributed by atoms with Gasteiger partial charge in [0.05, 0.1) is 26.1 Å². The third-order valence-corrected chi connectivity index (χ3v) is 7.00. The highest BCUT2D eigenvalue weighted by atomic mass is 35.5. The van der Waals surface area contributed by atoms with Crippen LogP contribution < -0.4 is 9.44 Å². The Morgan fingerprint density at radius 3 is 2.16 bits per heavy atom. The molecule has 31 heavy (non-hydrogen) atoms. The molecule has 0 fully saturated rings. The fourth-order valence-electron chi connectivity index (χ4n) is 2.49. The van der Waals surface area contributed by atoms with Gasteiger partial charge in [-0.25, -0.2) is 21.2 Å². The van der Waals surface area contributed by atoms with Gasteiger partial charge >= 0.3 is 0 Å². The molecule has 9 nitrogen and oxygen atoms in total. The Labute approximate surface area is 181 Å². The molecule has 3 aromatic carbocycles. The Hall–Kier alpha value is -3.22. The van der Waals surface area contributed by atoms with Crippen LogP contribution in [-0.4, -0.2) is 21.8 Å². The van der Waals surface area contributed by atoms with E-state index in [9.17, 15) is 31.3 Å². The van der Waals surface area contributed by atoms with Crippen LogP contribution >= 0.6 is 11.6 Å². The van der Waals surface area contributed by atoms with E-state index in [1.54, 1.807) is 0 Å². The number of halogens is 2. The summed E-state index contributed by atoms with van der Waals surface area (Å²) in [4.78, 5) is 9.39. The van der Waals surface area contributed by atoms with Crippen molar-refractivity contribution in [1.82, 2.24) is 0 Å². The summed E-state index contributed by atoms with van der Waals surface area (Å²) >= 11 is 5.69. The van der Waals surface area contributed by atoms with E-state index in [1.165, 1.54) is 36.4 Å². The Balaban J connectivity index is 1.91. The van der Waals surface area contributed by atoms with E-state index in [4.69, 9.17) is 11.6 Å². The molecule has 0 bridgehead atoms. The van der Waals surface area contributed by atoms with Crippen molar-refractivity contribution in [3.63, 3.8) is 0 Å². The minimum absolute atomic E-state index is 0.131. The first kappa shape index (κ1) is 22.5. The number of benzene rings is 3. The van der Waals surface area contributed by atoms with E-state index in [2.05, 4.69) is 9.44 Å². The monoisotopic (exact) mass is 485 g/mol. The van der Waals surface area contributed by atoms with Crippen molar-refractivity contribution in [2.24, 2.45) is 0 Å². The van der Waals surface area contributed by atoms with Gasteiger partial charge in [0.25, 0.3) is 25.7 Å². The van der Waals surface area contributed by atoms with Crippen LogP contribution in [0, 0.1) is 15.9 Å². The predicted molar refractivity (Wildman–Crippen MR) is 113 cm³/mol. The van der Waals surface area contributed by atoms with Crippen molar-refractivity contribution in [3.05, 3.63) is 87.7 Å². The fraction of sp³-hybridized carbons (Fsp3) is 0. The molecular weight excluding hydrogens is 473 g/mol. The second kappa shape index (κ2) is 8.49. The van der Waals surface area contributed by atoms with Gasteiger partial charge < -0.3 is 0 Å². The van der Waals surface area contributed by atoms with Crippen LogP contribution in [0.15, 0.2) is 76.5 Å². The quantitative estimate of drug-likeness (QED) is 0.383. The zero-order valence-electron chi connectivity index (χ0n) is 15.3. The van der Waals surface area contributed by atoms with Crippen LogP contribution in [0.1, 0.15) is 0 Å². The van der Waals surface area contributed by atoms with Gasteiger partial charge in [0.2, 0.25) is 0 Å². The van der Waals surface area contributed by atoms with Crippen LogP contribution in [0.2, 0.25) is 5.02 Å². The number of rotatable bonds is 7. The Kier molecular flexibility index (Phi) is 6.15. The number of nitrogens with one attached hydrogen (secondary N) is 2. The topological polar surface area (TPSA) is 135 Å². The van der Waals surface area contributed by atoms with Crippen LogP contribution in [0.3, 0.4) is 0 Å². The molecule has 162 valence electrons. The molecule has 0 aliphatic rings. The minimum Gasteiger partial charge on any atom is -0.280 e. The lowest BCUT2D eigenvalue weighted by Crippen LogP contribution is -2.16. The number of anilines is 2. The van der Waals surface area contributed by atoms with E-state index < -0.39 is 41.4 Å². The van der Waals surface area contributed by atoms with Crippen LogP contribution in [0.4, 0.5) is 21.5 Å². The molecule has 2 N–H and O–H groups in total. The van der Waals surface area contributed by atoms with Gasteiger partial charge in [-0.05, 0) is 42.5 Å². The van der Waals surface area contributed by atoms with Gasteiger partial charge in [-0.2, -0.15) is 0 Å². The van der Waals surface area contributed by atoms with Gasteiger partial charge in [-0.3, -0.25) is 19.6 Å². The normalized spacial score (nSPS) is 11.7. The number of hydrogen-bond donors (Lipinski definition) is 2. The summed E-state index contributed by atoms with van der Waals surface area (Å²) in [5, 5.41) is 10.8. The average Bonchev–Trinajstić information content (AvgIpc) is 2.69. The average molecular weight is 486 g/mol. The highest BCUT2D eigenvalue weighted by molar-refractivity contribution is 7.93. The number of hydrogen-bond acceptors (Lipinski definition) is 6. The summed E-state index contributed by atoms with van der Waals surface area (Å²) in [6.07, 6.45) is 0. The van der Waals surface area contributed by atoms with Crippen LogP contribution in [0.25, 0.3) is 0 Å². The lowest BCUT2D eigenvalue weighted by molar-refractivity contribution is -0.384. The fourth-order valence-corrected chi connectivity index (χ4v) is 4.86. The summed E-state index contributed by atoms with van der Waals surface area (Å²) in [5.74, 6) is -0.785. The zero-order chi connectivity index (χ0) is 22.8. The van der Waals surface area contributed by atoms with Crippen molar-refractivity contribution in [2.75, 3.05) is 9.44 Å². The zero-order valence-corrected chi connectivity index (χ0v) is 17.7. The second-order valence-electron chi connectivity index (χ2n) is 6.09. The van der Waals surface area contributed by atoms with Gasteiger partial charge in [-0.1, -0.05) is 29.8 Å². The maximum absolute atomic E-state index is 13.8. The highest BCUT2D eigenvalue weighted by Crippen LogP contribution is 2.28. The van der Waals surface area contributed by atoms with E-state index in [-0.39, 0.29) is 21.3 Å². The van der Waals surface area contributed by atoms with Gasteiger partial charge in [0.1, 0.15) is 10.8 Å². The maximum Gasteiger partial charge on any atom is 0.289 e. The van der Waals surface area contributed by atoms with Crippen molar-refractivity contribution in [1.29, 1.82) is 0 Å². The summed E-state index contributed by atoms with van der Waals surface area (Å²) in [7, 11) is -8.54. The van der Waals surface area contributed by atoms with E-state index >= 15 is 0 Å². The Morgan fingerprint density at radius 2 is 1.48 bits per heavy atom.